The van der Waals surface area contributed by atoms with E-state index in [-0.39, 0.29) is 21.4 Å². The first-order valence-electron chi connectivity index (χ1n) is 10.9. The van der Waals surface area contributed by atoms with E-state index < -0.39 is 20.0 Å². The highest BCUT2D eigenvalue weighted by molar-refractivity contribution is 7.93. The van der Waals surface area contributed by atoms with E-state index >= 15 is 0 Å². The zero-order valence-corrected chi connectivity index (χ0v) is 21.9. The van der Waals surface area contributed by atoms with Crippen molar-refractivity contribution in [3.05, 3.63) is 71.2 Å². The van der Waals surface area contributed by atoms with Gasteiger partial charge in [-0.05, 0) is 73.5 Å². The van der Waals surface area contributed by atoms with E-state index in [0.717, 1.165) is 5.56 Å². The Morgan fingerprint density at radius 3 is 2.08 bits per heavy atom. The summed E-state index contributed by atoms with van der Waals surface area (Å²) in [6.07, 6.45) is 1.07. The molecule has 9 nitrogen and oxygen atoms in total. The number of methoxy groups -OCH3 is 1. The van der Waals surface area contributed by atoms with Crippen LogP contribution in [0.1, 0.15) is 18.4 Å². The number of ether oxygens (including phenoxy) is 1. The molecule has 2 N–H and O–H groups in total. The van der Waals surface area contributed by atoms with Gasteiger partial charge >= 0.3 is 0 Å². The molecule has 0 saturated carbocycles. The van der Waals surface area contributed by atoms with Gasteiger partial charge in [-0.3, -0.25) is 14.2 Å². The van der Waals surface area contributed by atoms with Crippen LogP contribution in [-0.4, -0.2) is 36.4 Å². The predicted octanol–water partition coefficient (Wildman–Crippen LogP) is 4.39. The number of nitrogens with one attached hydrogen (secondary N) is 2. The average Bonchev–Trinajstić information content (AvgIpc) is 3.26. The van der Waals surface area contributed by atoms with E-state index in [1.54, 1.807) is 19.1 Å². The van der Waals surface area contributed by atoms with Gasteiger partial charge in [-0.25, -0.2) is 16.8 Å². The molecule has 3 aromatic rings. The Kier molecular flexibility index (Phi) is 7.17. The molecule has 3 aromatic carbocycles. The summed E-state index contributed by atoms with van der Waals surface area (Å²) in [5.74, 6) is 0.287. The van der Waals surface area contributed by atoms with Crippen molar-refractivity contribution < 1.29 is 26.4 Å². The smallest absolute Gasteiger partial charge is 0.261 e. The molecule has 0 radical (unpaired) electrons. The average molecular weight is 550 g/mol. The second-order valence-electron chi connectivity index (χ2n) is 8.18. The van der Waals surface area contributed by atoms with Gasteiger partial charge in [0.05, 0.1) is 28.3 Å². The van der Waals surface area contributed by atoms with Crippen molar-refractivity contribution >= 4 is 54.6 Å². The summed E-state index contributed by atoms with van der Waals surface area (Å²) in [7, 11) is -6.51. The largest absolute Gasteiger partial charge is 0.495 e. The molecule has 36 heavy (non-hydrogen) atoms. The Bertz CT molecular complexity index is 1520. The fourth-order valence-corrected chi connectivity index (χ4v) is 6.05. The predicted molar refractivity (Wildman–Crippen MR) is 139 cm³/mol. The van der Waals surface area contributed by atoms with Gasteiger partial charge in [0.15, 0.2) is 0 Å². The molecule has 1 fully saturated rings. The SMILES string of the molecule is COc1ccc(S(=O)(=O)Nc2ccc(S(=O)(=O)Nc3ccc(C)c(Cl)c3)cc2)cc1N1CCCC1=O. The van der Waals surface area contributed by atoms with Crippen molar-refractivity contribution in [3.63, 3.8) is 0 Å². The molecule has 0 unspecified atom stereocenters. The standard InChI is InChI=1S/C24H24ClN3O6S2/c1-16-5-6-18(14-21(16)25)27-35(30,31)19-9-7-17(8-10-19)26-36(32,33)20-11-12-23(34-2)22(15-20)28-13-3-4-24(28)29/h5-12,14-15,26-27H,3-4,13H2,1-2H3. The van der Waals surface area contributed by atoms with Crippen molar-refractivity contribution in [1.29, 1.82) is 0 Å². The minimum absolute atomic E-state index is 0.0542. The molecule has 1 saturated heterocycles. The molecule has 1 aliphatic heterocycles. The monoisotopic (exact) mass is 549 g/mol. The molecule has 0 atom stereocenters. The van der Waals surface area contributed by atoms with Gasteiger partial charge in [0, 0.05) is 23.7 Å². The minimum Gasteiger partial charge on any atom is -0.495 e. The highest BCUT2D eigenvalue weighted by Crippen LogP contribution is 2.34. The van der Waals surface area contributed by atoms with Gasteiger partial charge in [-0.1, -0.05) is 17.7 Å². The van der Waals surface area contributed by atoms with Gasteiger partial charge in [0.2, 0.25) is 5.91 Å². The van der Waals surface area contributed by atoms with Crippen LogP contribution in [0.4, 0.5) is 17.1 Å². The molecule has 4 rings (SSSR count). The lowest BCUT2D eigenvalue weighted by Gasteiger charge is -2.20. The number of hydrogen-bond acceptors (Lipinski definition) is 6. The first-order valence-corrected chi connectivity index (χ1v) is 14.2. The number of sulfonamides is 2. The number of halogens is 1. The van der Waals surface area contributed by atoms with Crippen LogP contribution in [0.5, 0.6) is 5.75 Å². The number of aryl methyl sites for hydroxylation is 1. The Hall–Kier alpha value is -3.28. The van der Waals surface area contributed by atoms with E-state index in [4.69, 9.17) is 16.3 Å². The minimum atomic E-state index is -4.04. The number of amides is 1. The van der Waals surface area contributed by atoms with Crippen molar-refractivity contribution in [2.24, 2.45) is 0 Å². The Morgan fingerprint density at radius 2 is 1.47 bits per heavy atom. The second kappa shape index (κ2) is 10.00. The molecule has 0 aliphatic carbocycles. The number of benzene rings is 3. The third kappa shape index (κ3) is 5.43. The molecule has 0 aromatic heterocycles. The fraction of sp³-hybridized carbons (Fsp3) is 0.208. The van der Waals surface area contributed by atoms with Crippen molar-refractivity contribution in [1.82, 2.24) is 0 Å². The number of nitrogens with zero attached hydrogens (tertiary/aromatic N) is 1. The van der Waals surface area contributed by atoms with Gasteiger partial charge in [0.25, 0.3) is 20.0 Å². The van der Waals surface area contributed by atoms with Crippen molar-refractivity contribution in [2.45, 2.75) is 29.6 Å². The quantitative estimate of drug-likeness (QED) is 0.430. The fourth-order valence-electron chi connectivity index (χ4n) is 3.74. The van der Waals surface area contributed by atoms with Crippen LogP contribution in [0, 0.1) is 6.92 Å². The summed E-state index contributed by atoms with van der Waals surface area (Å²) in [5, 5.41) is 0.427. The number of anilines is 3. The lowest BCUT2D eigenvalue weighted by molar-refractivity contribution is -0.117. The Morgan fingerprint density at radius 1 is 0.861 bits per heavy atom. The lowest BCUT2D eigenvalue weighted by atomic mass is 10.2. The van der Waals surface area contributed by atoms with Gasteiger partial charge in [-0.15, -0.1) is 0 Å². The summed E-state index contributed by atoms with van der Waals surface area (Å²) in [4.78, 5) is 13.6. The molecule has 0 bridgehead atoms. The molecular formula is C24H24ClN3O6S2. The van der Waals surface area contributed by atoms with Crippen LogP contribution < -0.4 is 19.1 Å². The van der Waals surface area contributed by atoms with E-state index in [2.05, 4.69) is 9.44 Å². The Balaban J connectivity index is 1.54. The molecule has 12 heteroatoms. The van der Waals surface area contributed by atoms with E-state index in [1.165, 1.54) is 60.5 Å². The first-order chi connectivity index (χ1) is 17.0. The second-order valence-corrected chi connectivity index (χ2v) is 12.0. The maximum atomic E-state index is 13.0. The highest BCUT2D eigenvalue weighted by Gasteiger charge is 2.27. The zero-order valence-electron chi connectivity index (χ0n) is 19.5. The van der Waals surface area contributed by atoms with Crippen LogP contribution in [0.15, 0.2) is 70.5 Å². The summed E-state index contributed by atoms with van der Waals surface area (Å²) in [6, 6.07) is 14.3. The zero-order chi connectivity index (χ0) is 26.1. The molecular weight excluding hydrogens is 526 g/mol. The molecule has 1 aliphatic rings. The summed E-state index contributed by atoms with van der Waals surface area (Å²) in [5.41, 5.74) is 1.67. The summed E-state index contributed by atoms with van der Waals surface area (Å²) >= 11 is 6.07. The summed E-state index contributed by atoms with van der Waals surface area (Å²) < 4.78 is 61.7. The van der Waals surface area contributed by atoms with Crippen LogP contribution in [0.3, 0.4) is 0 Å². The highest BCUT2D eigenvalue weighted by atomic mass is 35.5. The molecule has 1 amide bonds. The molecule has 190 valence electrons. The van der Waals surface area contributed by atoms with Crippen LogP contribution in [0.25, 0.3) is 0 Å². The number of carbonyl (C=O) groups excluding carboxylic acids is 1. The number of hydrogen-bond donors (Lipinski definition) is 2. The molecule has 0 spiro atoms. The van der Waals surface area contributed by atoms with E-state index in [1.807, 2.05) is 0 Å². The topological polar surface area (TPSA) is 122 Å². The third-order valence-corrected chi connectivity index (χ3v) is 8.85. The van der Waals surface area contributed by atoms with Crippen LogP contribution >= 0.6 is 11.6 Å². The Labute approximate surface area is 215 Å². The maximum absolute atomic E-state index is 13.0. The van der Waals surface area contributed by atoms with Gasteiger partial charge < -0.3 is 9.64 Å². The van der Waals surface area contributed by atoms with Gasteiger partial charge in [-0.2, -0.15) is 0 Å². The third-order valence-electron chi connectivity index (χ3n) is 5.67. The number of rotatable bonds is 8. The van der Waals surface area contributed by atoms with E-state index in [0.29, 0.717) is 41.5 Å². The normalized spacial score (nSPS) is 14.1. The number of carbonyl (C=O) groups is 1. The summed E-state index contributed by atoms with van der Waals surface area (Å²) in [6.45, 7) is 2.28. The van der Waals surface area contributed by atoms with Crippen LogP contribution in [0.2, 0.25) is 5.02 Å². The van der Waals surface area contributed by atoms with Crippen molar-refractivity contribution in [2.75, 3.05) is 28.0 Å². The molecule has 1 heterocycles. The first kappa shape index (κ1) is 25.8. The lowest BCUT2D eigenvalue weighted by Crippen LogP contribution is -2.25. The maximum Gasteiger partial charge on any atom is 0.261 e. The van der Waals surface area contributed by atoms with Crippen molar-refractivity contribution in [3.8, 4) is 5.75 Å². The van der Waals surface area contributed by atoms with Crippen LogP contribution in [-0.2, 0) is 24.8 Å². The van der Waals surface area contributed by atoms with Gasteiger partial charge in [0.1, 0.15) is 5.75 Å². The van der Waals surface area contributed by atoms with E-state index in [9.17, 15) is 21.6 Å².